The molecule has 3 aromatic rings. The first-order valence-electron chi connectivity index (χ1n) is 9.25. The Hall–Kier alpha value is -3.25. The maximum atomic E-state index is 12.7. The molecule has 30 heavy (non-hydrogen) atoms. The van der Waals surface area contributed by atoms with Crippen LogP contribution >= 0.6 is 0 Å². The van der Waals surface area contributed by atoms with Gasteiger partial charge < -0.3 is 25.4 Å². The highest BCUT2D eigenvalue weighted by molar-refractivity contribution is 6.03. The molecule has 11 heteroatoms. The number of tetrazole rings is 1. The number of anilines is 1. The van der Waals surface area contributed by atoms with Gasteiger partial charge >= 0.3 is 0 Å². The summed E-state index contributed by atoms with van der Waals surface area (Å²) in [5, 5.41) is 43.5. The lowest BCUT2D eigenvalue weighted by atomic mass is 10.1. The Labute approximate surface area is 171 Å². The van der Waals surface area contributed by atoms with Gasteiger partial charge in [0.1, 0.15) is 17.8 Å². The summed E-state index contributed by atoms with van der Waals surface area (Å²) < 4.78 is 8.53. The Morgan fingerprint density at radius 1 is 1.23 bits per heavy atom. The van der Waals surface area contributed by atoms with Crippen molar-refractivity contribution >= 4 is 11.6 Å². The summed E-state index contributed by atoms with van der Waals surface area (Å²) in [5.74, 6) is 0.250. The molecule has 156 valence electrons. The van der Waals surface area contributed by atoms with Gasteiger partial charge in [0.15, 0.2) is 24.3 Å². The fraction of sp³-hybridized carbons (Fsp3) is 0.316. The predicted octanol–water partition coefficient (Wildman–Crippen LogP) is -0.972. The summed E-state index contributed by atoms with van der Waals surface area (Å²) in [6, 6.07) is 10.3. The number of nitrogens with one attached hydrogen (secondary N) is 1. The van der Waals surface area contributed by atoms with Crippen molar-refractivity contribution in [3.8, 4) is 11.4 Å². The SMILES string of the molecule is Cn1nnnc1-c1ccc(NC(=O)c2ccc[n+]([C@@H]3O[C@H](CO)[C@@H](O)[C@H]3O)c2)cc1. The number of ether oxygens (including phenoxy) is 1. The molecular weight excluding hydrogens is 392 g/mol. The number of hydrogen-bond acceptors (Lipinski definition) is 8. The zero-order valence-electron chi connectivity index (χ0n) is 16.0. The smallest absolute Gasteiger partial charge is 0.292 e. The second kappa shape index (κ2) is 8.24. The van der Waals surface area contributed by atoms with Gasteiger partial charge in [0.05, 0.1) is 6.61 Å². The van der Waals surface area contributed by atoms with Gasteiger partial charge in [0.2, 0.25) is 0 Å². The van der Waals surface area contributed by atoms with Crippen molar-refractivity contribution in [2.24, 2.45) is 7.05 Å². The van der Waals surface area contributed by atoms with Crippen molar-refractivity contribution in [1.82, 2.24) is 20.2 Å². The van der Waals surface area contributed by atoms with Crippen molar-refractivity contribution in [1.29, 1.82) is 0 Å². The van der Waals surface area contributed by atoms with E-state index in [2.05, 4.69) is 20.8 Å². The van der Waals surface area contributed by atoms with Crippen molar-refractivity contribution in [3.05, 3.63) is 54.4 Å². The number of benzene rings is 1. The molecular formula is C19H21N6O5+. The van der Waals surface area contributed by atoms with Crippen LogP contribution in [0.15, 0.2) is 48.8 Å². The van der Waals surface area contributed by atoms with E-state index in [9.17, 15) is 20.1 Å². The van der Waals surface area contributed by atoms with Crippen LogP contribution in [0.25, 0.3) is 11.4 Å². The van der Waals surface area contributed by atoms with Gasteiger partial charge in [0, 0.05) is 24.4 Å². The Kier molecular flexibility index (Phi) is 5.50. The maximum Gasteiger partial charge on any atom is 0.292 e. The van der Waals surface area contributed by atoms with Gasteiger partial charge in [0.25, 0.3) is 12.1 Å². The standard InChI is InChI=1S/C19H20N6O5/c1-24-17(21-22-23-24)11-4-6-13(7-5-11)20-18(29)12-3-2-8-25(9-12)19-16(28)15(27)14(10-26)30-19/h2-9,14-16,19,26-28H,10H2,1H3/p+1/t14-,15-,16-,19-/m1/s1. The number of nitrogens with zero attached hydrogens (tertiary/aromatic N) is 5. The molecule has 4 rings (SSSR count). The highest BCUT2D eigenvalue weighted by atomic mass is 16.6. The van der Waals surface area contributed by atoms with Crippen molar-refractivity contribution in [2.75, 3.05) is 11.9 Å². The molecule has 3 heterocycles. The maximum absolute atomic E-state index is 12.7. The molecule has 4 N–H and O–H groups in total. The van der Waals surface area contributed by atoms with Gasteiger partial charge in [-0.15, -0.1) is 5.10 Å². The van der Waals surface area contributed by atoms with Crippen LogP contribution < -0.4 is 9.88 Å². The first-order chi connectivity index (χ1) is 14.5. The second-order valence-corrected chi connectivity index (χ2v) is 6.93. The summed E-state index contributed by atoms with van der Waals surface area (Å²) in [6.45, 7) is -0.421. The highest BCUT2D eigenvalue weighted by Gasteiger charge is 2.48. The summed E-state index contributed by atoms with van der Waals surface area (Å²) in [7, 11) is 1.74. The number of rotatable bonds is 5. The van der Waals surface area contributed by atoms with Crippen LogP contribution in [0.3, 0.4) is 0 Å². The monoisotopic (exact) mass is 413 g/mol. The van der Waals surface area contributed by atoms with Crippen LogP contribution in [0.1, 0.15) is 16.6 Å². The van der Waals surface area contributed by atoms with E-state index in [1.165, 1.54) is 10.8 Å². The molecule has 1 aliphatic heterocycles. The number of pyridine rings is 1. The van der Waals surface area contributed by atoms with Gasteiger partial charge in [-0.05, 0) is 40.8 Å². The van der Waals surface area contributed by atoms with Crippen LogP contribution in [0, 0.1) is 0 Å². The highest BCUT2D eigenvalue weighted by Crippen LogP contribution is 2.25. The first-order valence-corrected chi connectivity index (χ1v) is 9.25. The summed E-state index contributed by atoms with van der Waals surface area (Å²) in [6.07, 6.45) is -1.13. The van der Waals surface area contributed by atoms with E-state index in [-0.39, 0.29) is 5.91 Å². The van der Waals surface area contributed by atoms with Crippen LogP contribution in [0.2, 0.25) is 0 Å². The third kappa shape index (κ3) is 3.78. The molecule has 11 nitrogen and oxygen atoms in total. The van der Waals surface area contributed by atoms with E-state index in [1.54, 1.807) is 54.3 Å². The van der Waals surface area contributed by atoms with Gasteiger partial charge in [-0.1, -0.05) is 0 Å². The van der Waals surface area contributed by atoms with E-state index in [0.29, 0.717) is 17.1 Å². The quantitative estimate of drug-likeness (QED) is 0.391. The number of carbonyl (C=O) groups excluding carboxylic acids is 1. The van der Waals surface area contributed by atoms with E-state index in [4.69, 9.17) is 4.74 Å². The van der Waals surface area contributed by atoms with Crippen LogP contribution in [0.4, 0.5) is 5.69 Å². The lowest BCUT2D eigenvalue weighted by Crippen LogP contribution is -2.46. The lowest BCUT2D eigenvalue weighted by Gasteiger charge is -2.11. The fourth-order valence-corrected chi connectivity index (χ4v) is 3.29. The Morgan fingerprint density at radius 2 is 2.00 bits per heavy atom. The molecule has 0 radical (unpaired) electrons. The molecule has 1 aromatic carbocycles. The van der Waals surface area contributed by atoms with Crippen molar-refractivity contribution < 1.29 is 29.4 Å². The molecule has 1 amide bonds. The van der Waals surface area contributed by atoms with Gasteiger partial charge in [-0.3, -0.25) is 4.79 Å². The van der Waals surface area contributed by atoms with Crippen LogP contribution in [-0.4, -0.2) is 66.4 Å². The Balaban J connectivity index is 1.48. The molecule has 0 aliphatic carbocycles. The summed E-state index contributed by atoms with van der Waals surface area (Å²) >= 11 is 0. The number of aliphatic hydroxyl groups excluding tert-OH is 3. The van der Waals surface area contributed by atoms with Gasteiger partial charge in [-0.25, -0.2) is 4.68 Å². The van der Waals surface area contributed by atoms with Crippen LogP contribution in [0.5, 0.6) is 0 Å². The number of amides is 1. The zero-order valence-corrected chi connectivity index (χ0v) is 16.0. The van der Waals surface area contributed by atoms with Crippen LogP contribution in [-0.2, 0) is 11.8 Å². The third-order valence-corrected chi connectivity index (χ3v) is 4.92. The number of aryl methyl sites for hydroxylation is 1. The molecule has 0 spiro atoms. The second-order valence-electron chi connectivity index (χ2n) is 6.93. The number of carbonyl (C=O) groups is 1. The lowest BCUT2D eigenvalue weighted by molar-refractivity contribution is -0.765. The normalized spacial score (nSPS) is 23.5. The van der Waals surface area contributed by atoms with Crippen molar-refractivity contribution in [3.63, 3.8) is 0 Å². The number of aliphatic hydroxyl groups is 3. The molecule has 1 fully saturated rings. The first kappa shape index (κ1) is 20.0. The average Bonchev–Trinajstić information content (AvgIpc) is 3.32. The number of hydrogen-bond donors (Lipinski definition) is 4. The van der Waals surface area contributed by atoms with Gasteiger partial charge in [-0.2, -0.15) is 4.57 Å². The molecule has 0 unspecified atom stereocenters. The average molecular weight is 413 g/mol. The molecule has 1 saturated heterocycles. The number of aromatic nitrogens is 5. The predicted molar refractivity (Wildman–Crippen MR) is 102 cm³/mol. The molecule has 4 atom stereocenters. The molecule has 2 aromatic heterocycles. The van der Waals surface area contributed by atoms with E-state index in [1.807, 2.05) is 0 Å². The minimum absolute atomic E-state index is 0.330. The largest absolute Gasteiger partial charge is 0.394 e. The molecule has 0 bridgehead atoms. The third-order valence-electron chi connectivity index (χ3n) is 4.92. The topological polar surface area (TPSA) is 146 Å². The zero-order chi connectivity index (χ0) is 21.3. The minimum atomic E-state index is -1.23. The Morgan fingerprint density at radius 3 is 2.63 bits per heavy atom. The fourth-order valence-electron chi connectivity index (χ4n) is 3.29. The van der Waals surface area contributed by atoms with E-state index in [0.717, 1.165) is 5.56 Å². The summed E-state index contributed by atoms with van der Waals surface area (Å²) in [4.78, 5) is 12.7. The Bertz CT molecular complexity index is 1040. The van der Waals surface area contributed by atoms with E-state index < -0.39 is 31.1 Å². The molecule has 0 saturated carbocycles. The summed E-state index contributed by atoms with van der Waals surface area (Å²) in [5.41, 5.74) is 1.72. The minimum Gasteiger partial charge on any atom is -0.394 e. The van der Waals surface area contributed by atoms with E-state index >= 15 is 0 Å². The van der Waals surface area contributed by atoms with Crippen molar-refractivity contribution in [2.45, 2.75) is 24.5 Å². The molecule has 1 aliphatic rings.